The molecule has 0 fully saturated rings. The lowest BCUT2D eigenvalue weighted by atomic mass is 10.1. The Morgan fingerprint density at radius 3 is 2.68 bits per heavy atom. The van der Waals surface area contributed by atoms with Gasteiger partial charge in [0, 0.05) is 19.6 Å². The number of benzene rings is 1. The Morgan fingerprint density at radius 1 is 1.26 bits per heavy atom. The molecule has 3 nitrogen and oxygen atoms in total. The first kappa shape index (κ1) is 15.9. The Kier molecular flexibility index (Phi) is 7.45. The van der Waals surface area contributed by atoms with E-state index in [9.17, 15) is 9.50 Å². The number of para-hydroxylation sites is 1. The first-order chi connectivity index (χ1) is 9.24. The monoisotopic (exact) mass is 268 g/mol. The number of unbranched alkanes of at least 4 members (excludes halogenated alkanes) is 1. The van der Waals surface area contributed by atoms with Gasteiger partial charge in [0.05, 0.1) is 12.3 Å². The van der Waals surface area contributed by atoms with Crippen LogP contribution in [-0.2, 0) is 6.54 Å². The van der Waals surface area contributed by atoms with Crippen molar-refractivity contribution in [2.24, 2.45) is 0 Å². The summed E-state index contributed by atoms with van der Waals surface area (Å²) in [6.45, 7) is 6.93. The Balaban J connectivity index is 2.97. The van der Waals surface area contributed by atoms with E-state index in [4.69, 9.17) is 0 Å². The molecule has 108 valence electrons. The second-order valence-corrected chi connectivity index (χ2v) is 4.59. The standard InChI is InChI=1S/C15H25FN2O/c1-3-5-9-18(10-11-19)15-13(12-17-4-2)7-6-8-14(15)16/h6-8,17,19H,3-5,9-12H2,1-2H3. The van der Waals surface area contributed by atoms with Gasteiger partial charge in [-0.1, -0.05) is 32.4 Å². The molecule has 0 amide bonds. The Bertz CT molecular complexity index is 371. The lowest BCUT2D eigenvalue weighted by Gasteiger charge is -2.27. The van der Waals surface area contributed by atoms with Crippen LogP contribution in [0.4, 0.5) is 10.1 Å². The molecule has 2 N–H and O–H groups in total. The maximum atomic E-state index is 14.1. The lowest BCUT2D eigenvalue weighted by Crippen LogP contribution is -2.30. The Hall–Kier alpha value is -1.13. The minimum absolute atomic E-state index is 0.0404. The molecular weight excluding hydrogens is 243 g/mol. The molecule has 0 saturated carbocycles. The normalized spacial score (nSPS) is 10.7. The molecule has 1 aromatic rings. The summed E-state index contributed by atoms with van der Waals surface area (Å²) in [6, 6.07) is 5.17. The van der Waals surface area contributed by atoms with Crippen LogP contribution in [0.5, 0.6) is 0 Å². The molecule has 0 heterocycles. The van der Waals surface area contributed by atoms with Crippen molar-refractivity contribution < 1.29 is 9.50 Å². The highest BCUT2D eigenvalue weighted by Gasteiger charge is 2.15. The van der Waals surface area contributed by atoms with E-state index in [0.29, 0.717) is 18.8 Å². The van der Waals surface area contributed by atoms with Crippen LogP contribution in [0.1, 0.15) is 32.3 Å². The zero-order valence-corrected chi connectivity index (χ0v) is 12.0. The molecule has 0 unspecified atom stereocenters. The van der Waals surface area contributed by atoms with Crippen molar-refractivity contribution in [3.8, 4) is 0 Å². The number of hydrogen-bond acceptors (Lipinski definition) is 3. The van der Waals surface area contributed by atoms with Gasteiger partial charge in [0.1, 0.15) is 5.82 Å². The summed E-state index contributed by atoms with van der Waals surface area (Å²) in [7, 11) is 0. The predicted molar refractivity (Wildman–Crippen MR) is 78.0 cm³/mol. The third kappa shape index (κ3) is 4.80. The Morgan fingerprint density at radius 2 is 2.05 bits per heavy atom. The summed E-state index contributed by atoms with van der Waals surface area (Å²) >= 11 is 0. The molecule has 0 aromatic heterocycles. The van der Waals surface area contributed by atoms with E-state index in [1.54, 1.807) is 6.07 Å². The van der Waals surface area contributed by atoms with Gasteiger partial charge in [-0.3, -0.25) is 0 Å². The molecule has 1 aromatic carbocycles. The molecular formula is C15H25FN2O. The number of anilines is 1. The van der Waals surface area contributed by atoms with E-state index < -0.39 is 0 Å². The maximum Gasteiger partial charge on any atom is 0.146 e. The summed E-state index contributed by atoms with van der Waals surface area (Å²) < 4.78 is 14.1. The van der Waals surface area contributed by atoms with Gasteiger partial charge < -0.3 is 15.3 Å². The van der Waals surface area contributed by atoms with Crippen LogP contribution in [0.15, 0.2) is 18.2 Å². The Labute approximate surface area is 115 Å². The first-order valence-corrected chi connectivity index (χ1v) is 7.08. The fourth-order valence-electron chi connectivity index (χ4n) is 2.12. The van der Waals surface area contributed by atoms with Crippen LogP contribution < -0.4 is 10.2 Å². The van der Waals surface area contributed by atoms with E-state index in [-0.39, 0.29) is 12.4 Å². The average molecular weight is 268 g/mol. The minimum Gasteiger partial charge on any atom is -0.395 e. The molecule has 0 bridgehead atoms. The summed E-state index contributed by atoms with van der Waals surface area (Å²) in [5.74, 6) is -0.208. The number of rotatable bonds is 9. The van der Waals surface area contributed by atoms with Gasteiger partial charge >= 0.3 is 0 Å². The van der Waals surface area contributed by atoms with E-state index in [0.717, 1.165) is 31.5 Å². The van der Waals surface area contributed by atoms with Crippen LogP contribution in [-0.4, -0.2) is 31.3 Å². The van der Waals surface area contributed by atoms with Crippen LogP contribution >= 0.6 is 0 Å². The molecule has 1 rings (SSSR count). The number of halogens is 1. The zero-order chi connectivity index (χ0) is 14.1. The summed E-state index contributed by atoms with van der Waals surface area (Å²) in [6.07, 6.45) is 2.05. The van der Waals surface area contributed by atoms with Crippen molar-refractivity contribution in [3.05, 3.63) is 29.6 Å². The minimum atomic E-state index is -0.208. The number of hydrogen-bond donors (Lipinski definition) is 2. The van der Waals surface area contributed by atoms with Crippen molar-refractivity contribution in [2.75, 3.05) is 31.1 Å². The average Bonchev–Trinajstić information content (AvgIpc) is 2.41. The van der Waals surface area contributed by atoms with Crippen molar-refractivity contribution in [1.29, 1.82) is 0 Å². The number of nitrogens with one attached hydrogen (secondary N) is 1. The van der Waals surface area contributed by atoms with Gasteiger partial charge in [0.25, 0.3) is 0 Å². The van der Waals surface area contributed by atoms with E-state index in [1.165, 1.54) is 6.07 Å². The molecule has 4 heteroatoms. The lowest BCUT2D eigenvalue weighted by molar-refractivity contribution is 0.301. The molecule has 0 spiro atoms. The van der Waals surface area contributed by atoms with Crippen molar-refractivity contribution in [1.82, 2.24) is 5.32 Å². The molecule has 0 saturated heterocycles. The zero-order valence-electron chi connectivity index (χ0n) is 12.0. The van der Waals surface area contributed by atoms with E-state index in [1.807, 2.05) is 17.9 Å². The van der Waals surface area contributed by atoms with Gasteiger partial charge in [0.15, 0.2) is 0 Å². The quantitative estimate of drug-likeness (QED) is 0.722. The van der Waals surface area contributed by atoms with Crippen molar-refractivity contribution >= 4 is 5.69 Å². The highest BCUT2D eigenvalue weighted by Crippen LogP contribution is 2.25. The van der Waals surface area contributed by atoms with Gasteiger partial charge in [-0.25, -0.2) is 4.39 Å². The smallest absolute Gasteiger partial charge is 0.146 e. The highest BCUT2D eigenvalue weighted by atomic mass is 19.1. The van der Waals surface area contributed by atoms with E-state index in [2.05, 4.69) is 12.2 Å². The molecule has 0 aliphatic heterocycles. The predicted octanol–water partition coefficient (Wildman–Crippen LogP) is 2.53. The van der Waals surface area contributed by atoms with Crippen LogP contribution in [0.25, 0.3) is 0 Å². The second kappa shape index (κ2) is 8.88. The largest absolute Gasteiger partial charge is 0.395 e. The maximum absolute atomic E-state index is 14.1. The first-order valence-electron chi connectivity index (χ1n) is 7.08. The van der Waals surface area contributed by atoms with Crippen LogP contribution in [0.2, 0.25) is 0 Å². The van der Waals surface area contributed by atoms with Gasteiger partial charge in [-0.15, -0.1) is 0 Å². The van der Waals surface area contributed by atoms with Gasteiger partial charge in [0.2, 0.25) is 0 Å². The molecule has 19 heavy (non-hydrogen) atoms. The number of nitrogens with zero attached hydrogens (tertiary/aromatic N) is 1. The third-order valence-electron chi connectivity index (χ3n) is 3.10. The molecule has 0 aliphatic carbocycles. The van der Waals surface area contributed by atoms with Crippen molar-refractivity contribution in [2.45, 2.75) is 33.2 Å². The second-order valence-electron chi connectivity index (χ2n) is 4.59. The molecule has 0 aliphatic rings. The molecule has 0 atom stereocenters. The van der Waals surface area contributed by atoms with Crippen LogP contribution in [0.3, 0.4) is 0 Å². The number of aliphatic hydroxyl groups is 1. The number of aliphatic hydroxyl groups excluding tert-OH is 1. The fraction of sp³-hybridized carbons (Fsp3) is 0.600. The SMILES string of the molecule is CCCCN(CCO)c1c(F)cccc1CNCC. The summed E-state index contributed by atoms with van der Waals surface area (Å²) in [4.78, 5) is 1.95. The summed E-state index contributed by atoms with van der Waals surface area (Å²) in [5.41, 5.74) is 1.58. The van der Waals surface area contributed by atoms with Crippen molar-refractivity contribution in [3.63, 3.8) is 0 Å². The van der Waals surface area contributed by atoms with Gasteiger partial charge in [-0.2, -0.15) is 0 Å². The summed E-state index contributed by atoms with van der Waals surface area (Å²) in [5, 5.41) is 12.4. The van der Waals surface area contributed by atoms with Crippen LogP contribution in [0, 0.1) is 5.82 Å². The topological polar surface area (TPSA) is 35.5 Å². The highest BCUT2D eigenvalue weighted by molar-refractivity contribution is 5.55. The molecule has 0 radical (unpaired) electrons. The third-order valence-corrected chi connectivity index (χ3v) is 3.10. The fourth-order valence-corrected chi connectivity index (χ4v) is 2.12. The van der Waals surface area contributed by atoms with Gasteiger partial charge in [-0.05, 0) is 24.6 Å². The van der Waals surface area contributed by atoms with E-state index >= 15 is 0 Å².